The molecular weight excluding hydrogens is 262 g/mol. The summed E-state index contributed by atoms with van der Waals surface area (Å²) in [6.45, 7) is 0. The molecule has 2 unspecified atom stereocenters. The molecule has 2 heterocycles. The molecule has 2 atom stereocenters. The molecule has 100 valence electrons. The molecule has 1 aromatic carbocycles. The van der Waals surface area contributed by atoms with Crippen molar-refractivity contribution in [2.24, 2.45) is 5.73 Å². The van der Waals surface area contributed by atoms with Crippen molar-refractivity contribution in [2.45, 2.75) is 12.0 Å². The molecule has 2 aromatic rings. The monoisotopic (exact) mass is 277 g/mol. The van der Waals surface area contributed by atoms with Gasteiger partial charge in [0.15, 0.2) is 0 Å². The van der Waals surface area contributed by atoms with Crippen molar-refractivity contribution < 1.29 is 9.26 Å². The Morgan fingerprint density at radius 3 is 3.05 bits per heavy atom. The fourth-order valence-corrected chi connectivity index (χ4v) is 3.37. The molecule has 0 spiro atoms. The van der Waals surface area contributed by atoms with Crippen LogP contribution in [0, 0.1) is 0 Å². The Balaban J connectivity index is 1.88. The highest BCUT2D eigenvalue weighted by molar-refractivity contribution is 7.99. The molecular formula is C13H15N3O2S. The second-order valence-electron chi connectivity index (χ2n) is 4.50. The van der Waals surface area contributed by atoms with E-state index in [0.29, 0.717) is 11.7 Å². The zero-order valence-electron chi connectivity index (χ0n) is 10.6. The van der Waals surface area contributed by atoms with Gasteiger partial charge in [0.05, 0.1) is 13.0 Å². The zero-order valence-corrected chi connectivity index (χ0v) is 11.4. The number of rotatable bonds is 3. The lowest BCUT2D eigenvalue weighted by molar-refractivity contribution is 0.352. The Kier molecular flexibility index (Phi) is 3.44. The number of hydrogen-bond acceptors (Lipinski definition) is 6. The number of ether oxygens (including phenoxy) is 1. The standard InChI is InChI=1S/C13H15N3O2S/c1-17-9-4-2-3-8(5-9)12-15-13(18-16-12)10-6-19-7-11(10)14/h2-5,10-11H,6-7,14H2,1H3. The van der Waals surface area contributed by atoms with Gasteiger partial charge >= 0.3 is 0 Å². The van der Waals surface area contributed by atoms with E-state index in [1.807, 2.05) is 36.0 Å². The van der Waals surface area contributed by atoms with Crippen LogP contribution in [-0.2, 0) is 0 Å². The van der Waals surface area contributed by atoms with Gasteiger partial charge in [-0.15, -0.1) is 0 Å². The summed E-state index contributed by atoms with van der Waals surface area (Å²) in [6, 6.07) is 7.71. The third-order valence-corrected chi connectivity index (χ3v) is 4.43. The Morgan fingerprint density at radius 2 is 2.32 bits per heavy atom. The van der Waals surface area contributed by atoms with Gasteiger partial charge < -0.3 is 15.0 Å². The lowest BCUT2D eigenvalue weighted by Gasteiger charge is -2.07. The lowest BCUT2D eigenvalue weighted by atomic mass is 10.1. The van der Waals surface area contributed by atoms with Crippen molar-refractivity contribution in [2.75, 3.05) is 18.6 Å². The second kappa shape index (κ2) is 5.22. The maximum Gasteiger partial charge on any atom is 0.232 e. The summed E-state index contributed by atoms with van der Waals surface area (Å²) in [5.41, 5.74) is 6.92. The smallest absolute Gasteiger partial charge is 0.232 e. The number of nitrogens with zero attached hydrogens (tertiary/aromatic N) is 2. The summed E-state index contributed by atoms with van der Waals surface area (Å²) in [5, 5.41) is 4.03. The first kappa shape index (κ1) is 12.5. The quantitative estimate of drug-likeness (QED) is 0.923. The summed E-state index contributed by atoms with van der Waals surface area (Å²) >= 11 is 1.82. The largest absolute Gasteiger partial charge is 0.497 e. The van der Waals surface area contributed by atoms with Crippen molar-refractivity contribution in [1.29, 1.82) is 0 Å². The third-order valence-electron chi connectivity index (χ3n) is 3.21. The highest BCUT2D eigenvalue weighted by Crippen LogP contribution is 2.32. The van der Waals surface area contributed by atoms with Crippen molar-refractivity contribution in [3.8, 4) is 17.1 Å². The van der Waals surface area contributed by atoms with Crippen molar-refractivity contribution >= 4 is 11.8 Å². The molecule has 1 saturated heterocycles. The Bertz CT molecular complexity index is 573. The zero-order chi connectivity index (χ0) is 13.2. The van der Waals surface area contributed by atoms with E-state index >= 15 is 0 Å². The van der Waals surface area contributed by atoms with Crippen LogP contribution in [0.3, 0.4) is 0 Å². The van der Waals surface area contributed by atoms with Gasteiger partial charge in [-0.3, -0.25) is 0 Å². The van der Waals surface area contributed by atoms with E-state index in [0.717, 1.165) is 22.8 Å². The van der Waals surface area contributed by atoms with Crippen LogP contribution in [0.5, 0.6) is 5.75 Å². The van der Waals surface area contributed by atoms with Crippen LogP contribution < -0.4 is 10.5 Å². The first-order valence-electron chi connectivity index (χ1n) is 6.09. The number of methoxy groups -OCH3 is 1. The predicted octanol–water partition coefficient (Wildman–Crippen LogP) is 1.90. The summed E-state index contributed by atoms with van der Waals surface area (Å²) in [7, 11) is 1.63. The molecule has 19 heavy (non-hydrogen) atoms. The summed E-state index contributed by atoms with van der Waals surface area (Å²) in [5.74, 6) is 4.05. The van der Waals surface area contributed by atoms with E-state index in [-0.39, 0.29) is 12.0 Å². The molecule has 1 aromatic heterocycles. The molecule has 0 bridgehead atoms. The van der Waals surface area contributed by atoms with Crippen molar-refractivity contribution in [1.82, 2.24) is 10.1 Å². The van der Waals surface area contributed by atoms with Crippen LogP contribution in [0.25, 0.3) is 11.4 Å². The van der Waals surface area contributed by atoms with E-state index in [4.69, 9.17) is 15.0 Å². The van der Waals surface area contributed by atoms with Crippen LogP contribution in [0.4, 0.5) is 0 Å². The SMILES string of the molecule is COc1cccc(-c2noc(C3CSCC3N)n2)c1. The number of nitrogens with two attached hydrogens (primary N) is 1. The van der Waals surface area contributed by atoms with Crippen LogP contribution in [0.1, 0.15) is 11.8 Å². The highest BCUT2D eigenvalue weighted by atomic mass is 32.2. The van der Waals surface area contributed by atoms with Crippen molar-refractivity contribution in [3.05, 3.63) is 30.2 Å². The summed E-state index contributed by atoms with van der Waals surface area (Å²) in [6.07, 6.45) is 0. The van der Waals surface area contributed by atoms with E-state index in [9.17, 15) is 0 Å². The minimum Gasteiger partial charge on any atom is -0.497 e. The molecule has 0 saturated carbocycles. The molecule has 6 heteroatoms. The van der Waals surface area contributed by atoms with E-state index in [2.05, 4.69) is 10.1 Å². The number of aromatic nitrogens is 2. The Labute approximate surface area is 115 Å². The van der Waals surface area contributed by atoms with E-state index in [1.165, 1.54) is 0 Å². The van der Waals surface area contributed by atoms with Gasteiger partial charge in [0.25, 0.3) is 0 Å². The Morgan fingerprint density at radius 1 is 1.42 bits per heavy atom. The van der Waals surface area contributed by atoms with Crippen LogP contribution in [0.15, 0.2) is 28.8 Å². The van der Waals surface area contributed by atoms with Gasteiger partial charge in [-0.2, -0.15) is 16.7 Å². The average Bonchev–Trinajstić information content (AvgIpc) is 3.07. The number of thioether (sulfide) groups is 1. The molecule has 5 nitrogen and oxygen atoms in total. The molecule has 0 aliphatic carbocycles. The second-order valence-corrected chi connectivity index (χ2v) is 5.57. The van der Waals surface area contributed by atoms with Crippen LogP contribution >= 0.6 is 11.8 Å². The minimum absolute atomic E-state index is 0.101. The van der Waals surface area contributed by atoms with E-state index in [1.54, 1.807) is 7.11 Å². The average molecular weight is 277 g/mol. The van der Waals surface area contributed by atoms with Gasteiger partial charge in [-0.05, 0) is 12.1 Å². The highest BCUT2D eigenvalue weighted by Gasteiger charge is 2.30. The predicted molar refractivity (Wildman–Crippen MR) is 74.3 cm³/mol. The maximum absolute atomic E-state index is 6.04. The molecule has 2 N–H and O–H groups in total. The van der Waals surface area contributed by atoms with Gasteiger partial charge in [-0.25, -0.2) is 0 Å². The van der Waals surface area contributed by atoms with Crippen molar-refractivity contribution in [3.63, 3.8) is 0 Å². The Hall–Kier alpha value is -1.53. The first-order valence-corrected chi connectivity index (χ1v) is 7.25. The molecule has 1 aliphatic heterocycles. The number of benzene rings is 1. The summed E-state index contributed by atoms with van der Waals surface area (Å²) in [4.78, 5) is 4.46. The first-order chi connectivity index (χ1) is 9.28. The van der Waals surface area contributed by atoms with Crippen LogP contribution in [0.2, 0.25) is 0 Å². The molecule has 0 amide bonds. The minimum atomic E-state index is 0.101. The summed E-state index contributed by atoms with van der Waals surface area (Å²) < 4.78 is 10.5. The fraction of sp³-hybridized carbons (Fsp3) is 0.385. The van der Waals surface area contributed by atoms with Gasteiger partial charge in [0.2, 0.25) is 11.7 Å². The molecule has 1 aliphatic rings. The van der Waals surface area contributed by atoms with Crippen LogP contribution in [-0.4, -0.2) is 34.8 Å². The number of hydrogen-bond donors (Lipinski definition) is 1. The van der Waals surface area contributed by atoms with Gasteiger partial charge in [0, 0.05) is 23.1 Å². The van der Waals surface area contributed by atoms with Gasteiger partial charge in [0.1, 0.15) is 5.75 Å². The third kappa shape index (κ3) is 2.46. The topological polar surface area (TPSA) is 74.2 Å². The molecule has 3 rings (SSSR count). The lowest BCUT2D eigenvalue weighted by Crippen LogP contribution is -2.26. The normalized spacial score (nSPS) is 22.6. The van der Waals surface area contributed by atoms with E-state index < -0.39 is 0 Å². The fourth-order valence-electron chi connectivity index (χ4n) is 2.09. The molecule has 1 fully saturated rings. The van der Waals surface area contributed by atoms with Gasteiger partial charge in [-0.1, -0.05) is 17.3 Å². The molecule has 0 radical (unpaired) electrons. The maximum atomic E-state index is 6.04.